The molecule has 2 N–H and O–H groups in total. The molecule has 0 rings (SSSR count). The fourth-order valence-electron chi connectivity index (χ4n) is 1.01. The van der Waals surface area contributed by atoms with Crippen LogP contribution in [0.2, 0.25) is 0 Å². The van der Waals surface area contributed by atoms with Crippen LogP contribution in [-0.4, -0.2) is 56.8 Å². The van der Waals surface area contributed by atoms with Gasteiger partial charge in [-0.25, -0.2) is 0 Å². The van der Waals surface area contributed by atoms with Crippen molar-refractivity contribution in [2.45, 2.75) is 6.04 Å². The van der Waals surface area contributed by atoms with Crippen molar-refractivity contribution in [3.63, 3.8) is 0 Å². The summed E-state index contributed by atoms with van der Waals surface area (Å²) in [7, 11) is 3.77. The lowest BCUT2D eigenvalue weighted by Gasteiger charge is -2.20. The average molecular weight is 192 g/mol. The van der Waals surface area contributed by atoms with Gasteiger partial charge in [0.2, 0.25) is 0 Å². The van der Waals surface area contributed by atoms with E-state index in [9.17, 15) is 0 Å². The SMILES string of the molecule is COCC(N)CN(C)CCSC. The van der Waals surface area contributed by atoms with Crippen LogP contribution in [0.3, 0.4) is 0 Å². The van der Waals surface area contributed by atoms with E-state index in [1.807, 2.05) is 11.8 Å². The summed E-state index contributed by atoms with van der Waals surface area (Å²) >= 11 is 1.86. The molecule has 74 valence electrons. The molecule has 0 aliphatic carbocycles. The number of nitrogens with two attached hydrogens (primary N) is 1. The van der Waals surface area contributed by atoms with Gasteiger partial charge in [0.05, 0.1) is 6.61 Å². The highest BCUT2D eigenvalue weighted by molar-refractivity contribution is 7.98. The maximum atomic E-state index is 5.78. The number of hydrogen-bond donors (Lipinski definition) is 1. The van der Waals surface area contributed by atoms with Gasteiger partial charge < -0.3 is 15.4 Å². The van der Waals surface area contributed by atoms with Gasteiger partial charge in [0.1, 0.15) is 0 Å². The molecule has 0 saturated heterocycles. The van der Waals surface area contributed by atoms with E-state index in [0.29, 0.717) is 6.61 Å². The molecule has 0 amide bonds. The molecule has 0 bridgehead atoms. The Balaban J connectivity index is 3.33. The van der Waals surface area contributed by atoms with Crippen LogP contribution in [0.15, 0.2) is 0 Å². The summed E-state index contributed by atoms with van der Waals surface area (Å²) in [6.45, 7) is 2.65. The number of ether oxygens (including phenoxy) is 1. The summed E-state index contributed by atoms with van der Waals surface area (Å²) in [4.78, 5) is 2.24. The molecule has 4 heteroatoms. The Morgan fingerprint density at radius 1 is 1.58 bits per heavy atom. The van der Waals surface area contributed by atoms with E-state index in [4.69, 9.17) is 10.5 Å². The molecule has 3 nitrogen and oxygen atoms in total. The summed E-state index contributed by atoms with van der Waals surface area (Å²) < 4.78 is 4.95. The lowest BCUT2D eigenvalue weighted by atomic mass is 10.3. The third-order valence-corrected chi connectivity index (χ3v) is 2.19. The molecule has 0 aromatic rings. The molecular formula is C8H20N2OS. The molecule has 0 aliphatic rings. The third-order valence-electron chi connectivity index (χ3n) is 1.60. The molecule has 0 spiro atoms. The van der Waals surface area contributed by atoms with Crippen LogP contribution in [0, 0.1) is 0 Å². The first-order valence-corrected chi connectivity index (χ1v) is 5.52. The van der Waals surface area contributed by atoms with Gasteiger partial charge in [-0.2, -0.15) is 11.8 Å². The first-order chi connectivity index (χ1) is 5.70. The summed E-state index contributed by atoms with van der Waals surface area (Å²) in [5.41, 5.74) is 5.78. The maximum Gasteiger partial charge on any atom is 0.0626 e. The van der Waals surface area contributed by atoms with Crippen LogP contribution < -0.4 is 5.73 Å². The predicted molar refractivity (Wildman–Crippen MR) is 55.7 cm³/mol. The van der Waals surface area contributed by atoms with Crippen LogP contribution in [0.4, 0.5) is 0 Å². The fraction of sp³-hybridized carbons (Fsp3) is 1.00. The molecule has 0 aliphatic heterocycles. The Morgan fingerprint density at radius 3 is 2.75 bits per heavy atom. The van der Waals surface area contributed by atoms with Crippen molar-refractivity contribution in [3.05, 3.63) is 0 Å². The number of likely N-dealkylation sites (N-methyl/N-ethyl adjacent to an activating group) is 1. The first-order valence-electron chi connectivity index (χ1n) is 4.12. The predicted octanol–water partition coefficient (Wildman–Crippen LogP) is 0.255. The zero-order chi connectivity index (χ0) is 9.40. The van der Waals surface area contributed by atoms with E-state index in [1.54, 1.807) is 7.11 Å². The maximum absolute atomic E-state index is 5.78. The topological polar surface area (TPSA) is 38.5 Å². The quantitative estimate of drug-likeness (QED) is 0.628. The monoisotopic (exact) mass is 192 g/mol. The zero-order valence-corrected chi connectivity index (χ0v) is 9.06. The van der Waals surface area contributed by atoms with Crippen molar-refractivity contribution in [1.82, 2.24) is 4.90 Å². The van der Waals surface area contributed by atoms with Crippen LogP contribution in [0.1, 0.15) is 0 Å². The van der Waals surface area contributed by atoms with Gasteiger partial charge in [-0.05, 0) is 13.3 Å². The molecule has 1 unspecified atom stereocenters. The van der Waals surface area contributed by atoms with E-state index >= 15 is 0 Å². The molecule has 0 aromatic carbocycles. The minimum Gasteiger partial charge on any atom is -0.383 e. The molecule has 0 saturated carbocycles. The van der Waals surface area contributed by atoms with Crippen LogP contribution in [-0.2, 0) is 4.74 Å². The van der Waals surface area contributed by atoms with Crippen molar-refractivity contribution in [3.8, 4) is 0 Å². The fourth-order valence-corrected chi connectivity index (χ4v) is 1.50. The standard InChI is InChI=1S/C8H20N2OS/c1-10(4-5-12-3)6-8(9)7-11-2/h8H,4-7,9H2,1-3H3. The van der Waals surface area contributed by atoms with Crippen LogP contribution in [0.5, 0.6) is 0 Å². The molecule has 1 atom stereocenters. The second-order valence-electron chi connectivity index (χ2n) is 2.97. The Morgan fingerprint density at radius 2 is 2.25 bits per heavy atom. The van der Waals surface area contributed by atoms with Gasteiger partial charge >= 0.3 is 0 Å². The Kier molecular flexibility index (Phi) is 8.01. The highest BCUT2D eigenvalue weighted by Crippen LogP contribution is 1.94. The first kappa shape index (κ1) is 12.2. The molecular weight excluding hydrogens is 172 g/mol. The minimum absolute atomic E-state index is 0.141. The van der Waals surface area contributed by atoms with Crippen molar-refractivity contribution in [2.24, 2.45) is 5.73 Å². The Bertz CT molecular complexity index is 103. The van der Waals surface area contributed by atoms with Gasteiger partial charge in [0, 0.05) is 32.0 Å². The Hall–Kier alpha value is 0.230. The highest BCUT2D eigenvalue weighted by atomic mass is 32.2. The molecule has 0 radical (unpaired) electrons. The van der Waals surface area contributed by atoms with E-state index in [0.717, 1.165) is 18.8 Å². The summed E-state index contributed by atoms with van der Waals surface area (Å²) in [6.07, 6.45) is 2.11. The van der Waals surface area contributed by atoms with E-state index in [1.165, 1.54) is 0 Å². The molecule has 0 fully saturated rings. The Labute approximate surface area is 79.6 Å². The van der Waals surface area contributed by atoms with Crippen molar-refractivity contribution in [2.75, 3.05) is 45.9 Å². The smallest absolute Gasteiger partial charge is 0.0626 e. The average Bonchev–Trinajstić information content (AvgIpc) is 2.01. The summed E-state index contributed by atoms with van der Waals surface area (Å²) in [6, 6.07) is 0.141. The zero-order valence-electron chi connectivity index (χ0n) is 8.25. The lowest BCUT2D eigenvalue weighted by Crippen LogP contribution is -2.39. The normalized spacial score (nSPS) is 13.8. The minimum atomic E-state index is 0.141. The third kappa shape index (κ3) is 6.91. The largest absolute Gasteiger partial charge is 0.383 e. The van der Waals surface area contributed by atoms with E-state index in [-0.39, 0.29) is 6.04 Å². The number of thioether (sulfide) groups is 1. The van der Waals surface area contributed by atoms with Gasteiger partial charge in [-0.3, -0.25) is 0 Å². The lowest BCUT2D eigenvalue weighted by molar-refractivity contribution is 0.163. The van der Waals surface area contributed by atoms with Crippen molar-refractivity contribution in [1.29, 1.82) is 0 Å². The second-order valence-corrected chi connectivity index (χ2v) is 3.96. The van der Waals surface area contributed by atoms with Gasteiger partial charge in [0.15, 0.2) is 0 Å². The summed E-state index contributed by atoms with van der Waals surface area (Å²) in [5.74, 6) is 1.16. The van der Waals surface area contributed by atoms with Gasteiger partial charge in [-0.15, -0.1) is 0 Å². The van der Waals surface area contributed by atoms with Gasteiger partial charge in [0.25, 0.3) is 0 Å². The van der Waals surface area contributed by atoms with Crippen LogP contribution >= 0.6 is 11.8 Å². The van der Waals surface area contributed by atoms with Gasteiger partial charge in [-0.1, -0.05) is 0 Å². The summed E-state index contributed by atoms with van der Waals surface area (Å²) in [5, 5.41) is 0. The number of rotatable bonds is 7. The van der Waals surface area contributed by atoms with E-state index < -0.39 is 0 Å². The molecule has 0 heterocycles. The number of methoxy groups -OCH3 is 1. The van der Waals surface area contributed by atoms with Crippen molar-refractivity contribution < 1.29 is 4.74 Å². The molecule has 0 aromatic heterocycles. The number of nitrogens with zero attached hydrogens (tertiary/aromatic N) is 1. The molecule has 12 heavy (non-hydrogen) atoms. The van der Waals surface area contributed by atoms with Crippen LogP contribution in [0.25, 0.3) is 0 Å². The number of hydrogen-bond acceptors (Lipinski definition) is 4. The van der Waals surface area contributed by atoms with E-state index in [2.05, 4.69) is 18.2 Å². The highest BCUT2D eigenvalue weighted by Gasteiger charge is 2.05. The second kappa shape index (κ2) is 7.86. The van der Waals surface area contributed by atoms with Crippen molar-refractivity contribution >= 4 is 11.8 Å².